The van der Waals surface area contributed by atoms with Gasteiger partial charge in [0.25, 0.3) is 5.69 Å². The van der Waals surface area contributed by atoms with Gasteiger partial charge in [-0.2, -0.15) is 0 Å². The van der Waals surface area contributed by atoms with Gasteiger partial charge in [-0.1, -0.05) is 18.9 Å². The predicted octanol–water partition coefficient (Wildman–Crippen LogP) is 2.91. The Kier molecular flexibility index (Phi) is 4.33. The van der Waals surface area contributed by atoms with Gasteiger partial charge in [-0.05, 0) is 24.8 Å². The minimum atomic E-state index is -0.485. The Morgan fingerprint density at radius 1 is 1.37 bits per heavy atom. The van der Waals surface area contributed by atoms with Crippen molar-refractivity contribution in [2.24, 2.45) is 5.92 Å². The molecule has 19 heavy (non-hydrogen) atoms. The van der Waals surface area contributed by atoms with E-state index in [1.54, 1.807) is 12.1 Å². The molecule has 0 atom stereocenters. The number of nitro groups is 1. The highest BCUT2D eigenvalue weighted by Crippen LogP contribution is 2.23. The summed E-state index contributed by atoms with van der Waals surface area (Å²) in [5, 5.41) is 16.0. The van der Waals surface area contributed by atoms with Crippen LogP contribution in [-0.2, 0) is 0 Å². The van der Waals surface area contributed by atoms with Crippen LogP contribution in [-0.4, -0.2) is 17.5 Å². The first-order valence-corrected chi connectivity index (χ1v) is 6.44. The van der Waals surface area contributed by atoms with Crippen molar-refractivity contribution in [3.8, 4) is 0 Å². The summed E-state index contributed by atoms with van der Waals surface area (Å²) in [6.45, 7) is 0.667. The summed E-state index contributed by atoms with van der Waals surface area (Å²) in [6.07, 6.45) is 4.80. The number of nitrogens with one attached hydrogen (secondary N) is 2. The van der Waals surface area contributed by atoms with Crippen LogP contribution in [0.2, 0.25) is 0 Å². The van der Waals surface area contributed by atoms with Crippen molar-refractivity contribution < 1.29 is 9.72 Å². The molecule has 0 aliphatic heterocycles. The highest BCUT2D eigenvalue weighted by Gasteiger charge is 2.15. The molecule has 1 aromatic carbocycles. The molecule has 6 nitrogen and oxygen atoms in total. The highest BCUT2D eigenvalue weighted by atomic mass is 16.6. The molecule has 0 heterocycles. The molecule has 0 bridgehead atoms. The molecular formula is C13H17N3O3. The smallest absolute Gasteiger partial charge is 0.319 e. The van der Waals surface area contributed by atoms with E-state index in [0.29, 0.717) is 18.2 Å². The molecule has 2 amide bonds. The van der Waals surface area contributed by atoms with Crippen molar-refractivity contribution in [3.63, 3.8) is 0 Å². The molecule has 2 N–H and O–H groups in total. The molecule has 0 radical (unpaired) electrons. The van der Waals surface area contributed by atoms with Gasteiger partial charge >= 0.3 is 6.03 Å². The highest BCUT2D eigenvalue weighted by molar-refractivity contribution is 5.89. The van der Waals surface area contributed by atoms with Crippen LogP contribution in [0.4, 0.5) is 16.2 Å². The molecule has 6 heteroatoms. The third kappa shape index (κ3) is 3.94. The Hall–Kier alpha value is -2.11. The van der Waals surface area contributed by atoms with Crippen molar-refractivity contribution in [3.05, 3.63) is 34.4 Å². The van der Waals surface area contributed by atoms with E-state index in [1.807, 2.05) is 0 Å². The number of carbonyl (C=O) groups is 1. The first kappa shape index (κ1) is 13.3. The molecule has 2 rings (SSSR count). The zero-order valence-electron chi connectivity index (χ0n) is 10.6. The molecule has 1 fully saturated rings. The molecule has 1 saturated carbocycles. The third-order valence-electron chi connectivity index (χ3n) is 3.34. The number of non-ortho nitro benzene ring substituents is 1. The van der Waals surface area contributed by atoms with Crippen LogP contribution < -0.4 is 10.6 Å². The zero-order chi connectivity index (χ0) is 13.7. The van der Waals surface area contributed by atoms with Gasteiger partial charge in [0, 0.05) is 24.4 Å². The fourth-order valence-electron chi connectivity index (χ4n) is 2.32. The number of rotatable bonds is 4. The fraction of sp³-hybridized carbons (Fsp3) is 0.462. The number of carbonyl (C=O) groups excluding carboxylic acids is 1. The number of hydrogen-bond acceptors (Lipinski definition) is 3. The number of benzene rings is 1. The lowest BCUT2D eigenvalue weighted by molar-refractivity contribution is -0.384. The maximum absolute atomic E-state index is 11.7. The Bertz CT molecular complexity index is 470. The molecule has 1 aromatic rings. The summed E-state index contributed by atoms with van der Waals surface area (Å²) < 4.78 is 0. The Labute approximate surface area is 111 Å². The number of amides is 2. The number of anilines is 1. The largest absolute Gasteiger partial charge is 0.338 e. The summed E-state index contributed by atoms with van der Waals surface area (Å²) in [4.78, 5) is 21.8. The van der Waals surface area contributed by atoms with E-state index in [0.717, 1.165) is 12.8 Å². The lowest BCUT2D eigenvalue weighted by Gasteiger charge is -2.11. The van der Waals surface area contributed by atoms with Gasteiger partial charge in [0.2, 0.25) is 0 Å². The molecule has 0 aromatic heterocycles. The van der Waals surface area contributed by atoms with Gasteiger partial charge in [0.15, 0.2) is 0 Å². The molecule has 0 unspecified atom stereocenters. The van der Waals surface area contributed by atoms with E-state index in [9.17, 15) is 14.9 Å². The lowest BCUT2D eigenvalue weighted by atomic mass is 10.1. The van der Waals surface area contributed by atoms with E-state index in [4.69, 9.17) is 0 Å². The Morgan fingerprint density at radius 3 is 2.79 bits per heavy atom. The summed E-state index contributed by atoms with van der Waals surface area (Å²) in [5.74, 6) is 0.566. The average Bonchev–Trinajstić information content (AvgIpc) is 2.90. The predicted molar refractivity (Wildman–Crippen MR) is 72.1 cm³/mol. The van der Waals surface area contributed by atoms with Crippen LogP contribution in [0.5, 0.6) is 0 Å². The van der Waals surface area contributed by atoms with Crippen molar-refractivity contribution in [2.75, 3.05) is 11.9 Å². The molecule has 0 saturated heterocycles. The van der Waals surface area contributed by atoms with Crippen molar-refractivity contribution in [2.45, 2.75) is 25.7 Å². The minimum absolute atomic E-state index is 0.0337. The second kappa shape index (κ2) is 6.17. The van der Waals surface area contributed by atoms with Crippen LogP contribution in [0.15, 0.2) is 24.3 Å². The lowest BCUT2D eigenvalue weighted by Crippen LogP contribution is -2.32. The van der Waals surface area contributed by atoms with Crippen molar-refractivity contribution in [1.82, 2.24) is 5.32 Å². The van der Waals surface area contributed by atoms with Gasteiger partial charge in [-0.3, -0.25) is 10.1 Å². The number of nitrogens with zero attached hydrogens (tertiary/aromatic N) is 1. The van der Waals surface area contributed by atoms with E-state index < -0.39 is 4.92 Å². The quantitative estimate of drug-likeness (QED) is 0.647. The van der Waals surface area contributed by atoms with Crippen LogP contribution in [0.25, 0.3) is 0 Å². The normalized spacial score (nSPS) is 15.2. The third-order valence-corrected chi connectivity index (χ3v) is 3.34. The summed E-state index contributed by atoms with van der Waals surface area (Å²) in [5.41, 5.74) is 0.395. The molecule has 1 aliphatic rings. The van der Waals surface area contributed by atoms with Gasteiger partial charge in [-0.15, -0.1) is 0 Å². The van der Waals surface area contributed by atoms with E-state index in [-0.39, 0.29) is 11.7 Å². The first-order valence-electron chi connectivity index (χ1n) is 6.44. The van der Waals surface area contributed by atoms with Crippen LogP contribution >= 0.6 is 0 Å². The zero-order valence-corrected chi connectivity index (χ0v) is 10.6. The average molecular weight is 263 g/mol. The van der Waals surface area contributed by atoms with Gasteiger partial charge in [0.05, 0.1) is 4.92 Å². The fourth-order valence-corrected chi connectivity index (χ4v) is 2.32. The Balaban J connectivity index is 1.84. The monoisotopic (exact) mass is 263 g/mol. The maximum Gasteiger partial charge on any atom is 0.319 e. The number of hydrogen-bond donors (Lipinski definition) is 2. The van der Waals surface area contributed by atoms with Crippen molar-refractivity contribution in [1.29, 1.82) is 0 Å². The van der Waals surface area contributed by atoms with Crippen LogP contribution in [0.1, 0.15) is 25.7 Å². The SMILES string of the molecule is O=C(NCC1CCCC1)Nc1cccc([N+](=O)[O-])c1. The maximum atomic E-state index is 11.7. The topological polar surface area (TPSA) is 84.3 Å². The van der Waals surface area contributed by atoms with Crippen LogP contribution in [0.3, 0.4) is 0 Å². The van der Waals surface area contributed by atoms with E-state index in [1.165, 1.54) is 25.0 Å². The molecule has 1 aliphatic carbocycles. The molecule has 102 valence electrons. The van der Waals surface area contributed by atoms with Crippen molar-refractivity contribution >= 4 is 17.4 Å². The van der Waals surface area contributed by atoms with Gasteiger partial charge in [-0.25, -0.2) is 4.79 Å². The Morgan fingerprint density at radius 2 is 2.11 bits per heavy atom. The second-order valence-corrected chi connectivity index (χ2v) is 4.79. The van der Waals surface area contributed by atoms with Crippen LogP contribution in [0, 0.1) is 16.0 Å². The number of nitro benzene ring substituents is 1. The van der Waals surface area contributed by atoms with Gasteiger partial charge < -0.3 is 10.6 Å². The summed E-state index contributed by atoms with van der Waals surface area (Å²) >= 11 is 0. The van der Waals surface area contributed by atoms with E-state index in [2.05, 4.69) is 10.6 Å². The minimum Gasteiger partial charge on any atom is -0.338 e. The second-order valence-electron chi connectivity index (χ2n) is 4.79. The molecule has 0 spiro atoms. The summed E-state index contributed by atoms with van der Waals surface area (Å²) in [7, 11) is 0. The first-order chi connectivity index (χ1) is 9.15. The summed E-state index contributed by atoms with van der Waals surface area (Å²) in [6, 6.07) is 5.59. The standard InChI is InChI=1S/C13H17N3O3/c17-13(14-9-10-4-1-2-5-10)15-11-6-3-7-12(8-11)16(18)19/h3,6-8,10H,1-2,4-5,9H2,(H2,14,15,17). The number of urea groups is 1. The molecular weight excluding hydrogens is 246 g/mol. The van der Waals surface area contributed by atoms with Gasteiger partial charge in [0.1, 0.15) is 0 Å². The van der Waals surface area contributed by atoms with E-state index >= 15 is 0 Å².